The van der Waals surface area contributed by atoms with E-state index in [1.165, 1.54) is 0 Å². The molecule has 4 heteroatoms. The fourth-order valence-electron chi connectivity index (χ4n) is 1.85. The molecule has 1 amide bonds. The van der Waals surface area contributed by atoms with Crippen LogP contribution in [0, 0.1) is 5.92 Å². The van der Waals surface area contributed by atoms with Crippen molar-refractivity contribution in [3.8, 4) is 0 Å². The van der Waals surface area contributed by atoms with E-state index in [1.807, 2.05) is 36.4 Å². The summed E-state index contributed by atoms with van der Waals surface area (Å²) in [6.45, 7) is 1.68. The highest BCUT2D eigenvalue weighted by atomic mass is 16.4. The summed E-state index contributed by atoms with van der Waals surface area (Å²) in [7, 11) is 0. The van der Waals surface area contributed by atoms with Gasteiger partial charge in [0.25, 0.3) is 5.91 Å². The summed E-state index contributed by atoms with van der Waals surface area (Å²) in [5.41, 5.74) is 0.565. The van der Waals surface area contributed by atoms with Gasteiger partial charge < -0.3 is 10.4 Å². The Bertz CT molecular complexity index is 616. The first-order valence-electron chi connectivity index (χ1n) is 6.08. The number of benzene rings is 2. The summed E-state index contributed by atoms with van der Waals surface area (Å²) >= 11 is 0. The number of amides is 1. The molecule has 0 heterocycles. The Hall–Kier alpha value is -2.36. The van der Waals surface area contributed by atoms with Crippen molar-refractivity contribution in [1.82, 2.24) is 5.32 Å². The van der Waals surface area contributed by atoms with E-state index in [0.717, 1.165) is 10.8 Å². The molecule has 0 spiro atoms. The number of hydrogen-bond donors (Lipinski definition) is 2. The van der Waals surface area contributed by atoms with Crippen LogP contribution in [0.1, 0.15) is 17.3 Å². The van der Waals surface area contributed by atoms with Crippen LogP contribution >= 0.6 is 0 Å². The van der Waals surface area contributed by atoms with E-state index in [0.29, 0.717) is 5.56 Å². The van der Waals surface area contributed by atoms with Gasteiger partial charge in [-0.25, -0.2) is 0 Å². The maximum absolute atomic E-state index is 12.1. The number of carboxylic acids is 1. The lowest BCUT2D eigenvalue weighted by atomic mass is 10.0. The van der Waals surface area contributed by atoms with Crippen LogP contribution in [-0.4, -0.2) is 23.5 Å². The van der Waals surface area contributed by atoms with Gasteiger partial charge in [-0.15, -0.1) is 0 Å². The van der Waals surface area contributed by atoms with E-state index < -0.39 is 11.9 Å². The van der Waals surface area contributed by atoms with Crippen LogP contribution in [0.3, 0.4) is 0 Å². The largest absolute Gasteiger partial charge is 0.481 e. The lowest BCUT2D eigenvalue weighted by Crippen LogP contribution is -2.31. The van der Waals surface area contributed by atoms with E-state index in [1.54, 1.807) is 13.0 Å². The zero-order valence-electron chi connectivity index (χ0n) is 10.6. The molecule has 4 nitrogen and oxygen atoms in total. The van der Waals surface area contributed by atoms with Crippen molar-refractivity contribution in [3.05, 3.63) is 48.0 Å². The van der Waals surface area contributed by atoms with Gasteiger partial charge in [0.05, 0.1) is 5.92 Å². The summed E-state index contributed by atoms with van der Waals surface area (Å²) in [5, 5.41) is 13.3. The number of carboxylic acid groups (broad SMARTS) is 1. The molecular formula is C15H15NO3. The summed E-state index contributed by atoms with van der Waals surface area (Å²) in [6.07, 6.45) is 0. The zero-order valence-corrected chi connectivity index (χ0v) is 10.6. The first kappa shape index (κ1) is 13.1. The molecule has 2 rings (SSSR count). The number of nitrogens with one attached hydrogen (secondary N) is 1. The average Bonchev–Trinajstić information content (AvgIpc) is 2.43. The number of fused-ring (bicyclic) bond motifs is 1. The molecule has 0 fully saturated rings. The molecule has 1 atom stereocenters. The van der Waals surface area contributed by atoms with Gasteiger partial charge in [0, 0.05) is 12.1 Å². The van der Waals surface area contributed by atoms with Crippen LogP contribution in [0.15, 0.2) is 42.5 Å². The average molecular weight is 257 g/mol. The molecule has 0 aliphatic heterocycles. The quantitative estimate of drug-likeness (QED) is 0.883. The van der Waals surface area contributed by atoms with Gasteiger partial charge in [0.15, 0.2) is 0 Å². The minimum absolute atomic E-state index is 0.122. The van der Waals surface area contributed by atoms with Crippen molar-refractivity contribution in [3.63, 3.8) is 0 Å². The molecule has 0 aromatic heterocycles. The maximum Gasteiger partial charge on any atom is 0.308 e. The van der Waals surface area contributed by atoms with E-state index in [-0.39, 0.29) is 12.5 Å². The lowest BCUT2D eigenvalue weighted by Gasteiger charge is -2.10. The summed E-state index contributed by atoms with van der Waals surface area (Å²) in [5.74, 6) is -1.76. The van der Waals surface area contributed by atoms with Crippen LogP contribution in [0.5, 0.6) is 0 Å². The molecule has 0 bridgehead atoms. The molecular weight excluding hydrogens is 242 g/mol. The van der Waals surface area contributed by atoms with Crippen molar-refractivity contribution in [2.75, 3.05) is 6.54 Å². The first-order chi connectivity index (χ1) is 9.09. The zero-order chi connectivity index (χ0) is 13.8. The summed E-state index contributed by atoms with van der Waals surface area (Å²) < 4.78 is 0. The molecule has 2 N–H and O–H groups in total. The third kappa shape index (κ3) is 2.91. The summed E-state index contributed by atoms with van der Waals surface area (Å²) in [6, 6.07) is 13.1. The second kappa shape index (κ2) is 5.52. The topological polar surface area (TPSA) is 66.4 Å². The fourth-order valence-corrected chi connectivity index (χ4v) is 1.85. The number of carbonyl (C=O) groups excluding carboxylic acids is 1. The van der Waals surface area contributed by atoms with Gasteiger partial charge in [-0.1, -0.05) is 43.3 Å². The van der Waals surface area contributed by atoms with Crippen molar-refractivity contribution >= 4 is 22.6 Å². The Morgan fingerprint density at radius 1 is 1.16 bits per heavy atom. The Labute approximate surface area is 111 Å². The van der Waals surface area contributed by atoms with Gasteiger partial charge in [-0.05, 0) is 16.8 Å². The van der Waals surface area contributed by atoms with Crippen molar-refractivity contribution < 1.29 is 14.7 Å². The molecule has 1 unspecified atom stereocenters. The molecule has 98 valence electrons. The number of aliphatic carboxylic acids is 1. The standard InChI is InChI=1S/C15H15NO3/c1-10(15(18)19)9-16-14(17)13-8-4-6-11-5-2-3-7-12(11)13/h2-8,10H,9H2,1H3,(H,16,17)(H,18,19). The Balaban J connectivity index is 2.20. The first-order valence-corrected chi connectivity index (χ1v) is 6.08. The van der Waals surface area contributed by atoms with Crippen LogP contribution in [-0.2, 0) is 4.79 Å². The Morgan fingerprint density at radius 2 is 1.84 bits per heavy atom. The van der Waals surface area contributed by atoms with Gasteiger partial charge in [-0.3, -0.25) is 9.59 Å². The molecule has 0 radical (unpaired) electrons. The molecule has 0 saturated heterocycles. The fraction of sp³-hybridized carbons (Fsp3) is 0.200. The minimum atomic E-state index is -0.918. The molecule has 19 heavy (non-hydrogen) atoms. The van der Waals surface area contributed by atoms with Crippen molar-refractivity contribution in [2.24, 2.45) is 5.92 Å². The lowest BCUT2D eigenvalue weighted by molar-refractivity contribution is -0.140. The third-order valence-corrected chi connectivity index (χ3v) is 3.02. The summed E-state index contributed by atoms with van der Waals surface area (Å²) in [4.78, 5) is 22.8. The smallest absolute Gasteiger partial charge is 0.308 e. The normalized spacial score (nSPS) is 12.1. The number of rotatable bonds is 4. The van der Waals surface area contributed by atoms with Gasteiger partial charge in [-0.2, -0.15) is 0 Å². The van der Waals surface area contributed by atoms with Gasteiger partial charge in [0.1, 0.15) is 0 Å². The second-order valence-electron chi connectivity index (χ2n) is 4.48. The predicted octanol–water partition coefficient (Wildman–Crippen LogP) is 2.29. The predicted molar refractivity (Wildman–Crippen MR) is 73.1 cm³/mol. The highest BCUT2D eigenvalue weighted by molar-refractivity contribution is 6.07. The Kier molecular flexibility index (Phi) is 3.80. The highest BCUT2D eigenvalue weighted by Gasteiger charge is 2.14. The Morgan fingerprint density at radius 3 is 2.58 bits per heavy atom. The van der Waals surface area contributed by atoms with Crippen molar-refractivity contribution in [2.45, 2.75) is 6.92 Å². The second-order valence-corrected chi connectivity index (χ2v) is 4.48. The minimum Gasteiger partial charge on any atom is -0.481 e. The molecule has 2 aromatic carbocycles. The number of carbonyl (C=O) groups is 2. The molecule has 0 aliphatic carbocycles. The van der Waals surface area contributed by atoms with Gasteiger partial charge >= 0.3 is 5.97 Å². The van der Waals surface area contributed by atoms with Crippen LogP contribution in [0.25, 0.3) is 10.8 Å². The SMILES string of the molecule is CC(CNC(=O)c1cccc2ccccc12)C(=O)O. The van der Waals surface area contributed by atoms with Crippen molar-refractivity contribution in [1.29, 1.82) is 0 Å². The maximum atomic E-state index is 12.1. The van der Waals surface area contributed by atoms with Gasteiger partial charge in [0.2, 0.25) is 0 Å². The molecule has 0 saturated carbocycles. The number of hydrogen-bond acceptors (Lipinski definition) is 2. The van der Waals surface area contributed by atoms with E-state index >= 15 is 0 Å². The van der Waals surface area contributed by atoms with E-state index in [2.05, 4.69) is 5.32 Å². The van der Waals surface area contributed by atoms with E-state index in [4.69, 9.17) is 5.11 Å². The third-order valence-electron chi connectivity index (χ3n) is 3.02. The molecule has 0 aliphatic rings. The van der Waals surface area contributed by atoms with Crippen LogP contribution in [0.2, 0.25) is 0 Å². The monoisotopic (exact) mass is 257 g/mol. The highest BCUT2D eigenvalue weighted by Crippen LogP contribution is 2.18. The van der Waals surface area contributed by atoms with Crippen LogP contribution < -0.4 is 5.32 Å². The van der Waals surface area contributed by atoms with E-state index in [9.17, 15) is 9.59 Å². The molecule has 2 aromatic rings. The van der Waals surface area contributed by atoms with Crippen LogP contribution in [0.4, 0.5) is 0 Å².